The number of rotatable bonds is 11. The van der Waals surface area contributed by atoms with Crippen molar-refractivity contribution >= 4 is 0 Å². The van der Waals surface area contributed by atoms with Crippen molar-refractivity contribution in [2.75, 3.05) is 13.1 Å². The van der Waals surface area contributed by atoms with E-state index in [1.807, 2.05) is 36.7 Å². The highest BCUT2D eigenvalue weighted by Crippen LogP contribution is 1.99. The van der Waals surface area contributed by atoms with Gasteiger partial charge in [0.05, 0.1) is 11.4 Å². The molecule has 0 saturated heterocycles. The molecule has 22 heavy (non-hydrogen) atoms. The van der Waals surface area contributed by atoms with Crippen LogP contribution in [0.2, 0.25) is 0 Å². The van der Waals surface area contributed by atoms with Crippen LogP contribution in [0.1, 0.15) is 37.1 Å². The minimum atomic E-state index is 0.868. The molecule has 0 aliphatic rings. The third-order valence-electron chi connectivity index (χ3n) is 3.52. The zero-order valence-electron chi connectivity index (χ0n) is 13.2. The van der Waals surface area contributed by atoms with E-state index < -0.39 is 0 Å². The van der Waals surface area contributed by atoms with E-state index in [0.717, 1.165) is 37.6 Å². The fourth-order valence-electron chi connectivity index (χ4n) is 2.29. The predicted octanol–water partition coefficient (Wildman–Crippen LogP) is 2.92. The van der Waals surface area contributed by atoms with E-state index in [-0.39, 0.29) is 0 Å². The van der Waals surface area contributed by atoms with Crippen LogP contribution in [0.5, 0.6) is 0 Å². The first kappa shape index (κ1) is 16.6. The number of nitrogens with zero attached hydrogens (tertiary/aromatic N) is 2. The Bertz CT molecular complexity index is 439. The Morgan fingerprint density at radius 2 is 1.14 bits per heavy atom. The molecule has 0 atom stereocenters. The molecule has 2 rings (SSSR count). The highest BCUT2D eigenvalue weighted by Gasteiger charge is 1.94. The minimum absolute atomic E-state index is 0.868. The van der Waals surface area contributed by atoms with Gasteiger partial charge in [-0.1, -0.05) is 25.0 Å². The van der Waals surface area contributed by atoms with Gasteiger partial charge in [0, 0.05) is 25.5 Å². The smallest absolute Gasteiger partial charge is 0.0541 e. The fourth-order valence-corrected chi connectivity index (χ4v) is 2.29. The Hall–Kier alpha value is -1.78. The zero-order chi connectivity index (χ0) is 15.3. The topological polar surface area (TPSA) is 49.8 Å². The van der Waals surface area contributed by atoms with Gasteiger partial charge < -0.3 is 10.6 Å². The third-order valence-corrected chi connectivity index (χ3v) is 3.52. The first-order chi connectivity index (χ1) is 10.9. The van der Waals surface area contributed by atoms with E-state index in [1.165, 1.54) is 25.7 Å². The molecule has 0 fully saturated rings. The van der Waals surface area contributed by atoms with Crippen molar-refractivity contribution in [1.82, 2.24) is 20.6 Å². The number of nitrogens with one attached hydrogen (secondary N) is 2. The lowest BCUT2D eigenvalue weighted by molar-refractivity contribution is 0.559. The maximum absolute atomic E-state index is 4.30. The highest BCUT2D eigenvalue weighted by molar-refractivity contribution is 5.03. The summed E-state index contributed by atoms with van der Waals surface area (Å²) >= 11 is 0. The van der Waals surface area contributed by atoms with Crippen molar-refractivity contribution in [3.05, 3.63) is 60.2 Å². The molecule has 0 bridgehead atoms. The standard InChI is InChI=1S/C18H26N4/c1(5-11-19-15-17-9-3-7-13-21-17)2-6-12-20-16-18-10-4-8-14-22-18/h3-4,7-10,13-14,19-20H,1-2,5-6,11-12,15-16H2. The summed E-state index contributed by atoms with van der Waals surface area (Å²) in [5, 5.41) is 6.88. The molecule has 4 heteroatoms. The van der Waals surface area contributed by atoms with E-state index in [9.17, 15) is 0 Å². The van der Waals surface area contributed by atoms with Crippen LogP contribution in [0, 0.1) is 0 Å². The second-order valence-corrected chi connectivity index (χ2v) is 5.41. The number of aromatic nitrogens is 2. The molecule has 118 valence electrons. The van der Waals surface area contributed by atoms with Crippen molar-refractivity contribution in [2.24, 2.45) is 0 Å². The molecule has 2 N–H and O–H groups in total. The monoisotopic (exact) mass is 298 g/mol. The van der Waals surface area contributed by atoms with E-state index in [0.29, 0.717) is 0 Å². The van der Waals surface area contributed by atoms with Crippen molar-refractivity contribution < 1.29 is 0 Å². The molecule has 0 radical (unpaired) electrons. The first-order valence-electron chi connectivity index (χ1n) is 8.16. The summed E-state index contributed by atoms with van der Waals surface area (Å²) in [7, 11) is 0. The molecule has 0 unspecified atom stereocenters. The van der Waals surface area contributed by atoms with Gasteiger partial charge in [0.1, 0.15) is 0 Å². The molecule has 0 aliphatic heterocycles. The van der Waals surface area contributed by atoms with Crippen LogP contribution in [0.3, 0.4) is 0 Å². The summed E-state index contributed by atoms with van der Waals surface area (Å²) in [6, 6.07) is 12.1. The van der Waals surface area contributed by atoms with Crippen LogP contribution in [-0.2, 0) is 13.1 Å². The number of unbranched alkanes of at least 4 members (excludes halogenated alkanes) is 3. The lowest BCUT2D eigenvalue weighted by atomic mass is 10.2. The summed E-state index contributed by atoms with van der Waals surface area (Å²) in [4.78, 5) is 8.59. The Morgan fingerprint density at radius 3 is 1.55 bits per heavy atom. The Labute approximate surface area is 133 Å². The van der Waals surface area contributed by atoms with Gasteiger partial charge in [-0.3, -0.25) is 9.97 Å². The van der Waals surface area contributed by atoms with Gasteiger partial charge in [-0.15, -0.1) is 0 Å². The normalized spacial score (nSPS) is 10.7. The summed E-state index contributed by atoms with van der Waals surface area (Å²) < 4.78 is 0. The fraction of sp³-hybridized carbons (Fsp3) is 0.444. The quantitative estimate of drug-likeness (QED) is 0.626. The second kappa shape index (κ2) is 10.9. The molecule has 0 aromatic carbocycles. The van der Waals surface area contributed by atoms with E-state index >= 15 is 0 Å². The zero-order valence-corrected chi connectivity index (χ0v) is 13.2. The van der Waals surface area contributed by atoms with E-state index in [2.05, 4.69) is 32.7 Å². The SMILES string of the molecule is c1ccc(CNCCCCCCNCc2ccccn2)nc1. The van der Waals surface area contributed by atoms with Crippen molar-refractivity contribution in [3.8, 4) is 0 Å². The summed E-state index contributed by atoms with van der Waals surface area (Å²) in [5.74, 6) is 0. The Kier molecular flexibility index (Phi) is 8.20. The Morgan fingerprint density at radius 1 is 0.636 bits per heavy atom. The number of hydrogen-bond acceptors (Lipinski definition) is 4. The second-order valence-electron chi connectivity index (χ2n) is 5.41. The maximum Gasteiger partial charge on any atom is 0.0541 e. The van der Waals surface area contributed by atoms with E-state index in [4.69, 9.17) is 0 Å². The summed E-state index contributed by atoms with van der Waals surface area (Å²) in [6.07, 6.45) is 8.70. The number of pyridine rings is 2. The largest absolute Gasteiger partial charge is 0.311 e. The van der Waals surface area contributed by atoms with E-state index in [1.54, 1.807) is 0 Å². The average molecular weight is 298 g/mol. The molecule has 0 spiro atoms. The molecular weight excluding hydrogens is 272 g/mol. The van der Waals surface area contributed by atoms with Crippen LogP contribution < -0.4 is 10.6 Å². The van der Waals surface area contributed by atoms with Crippen LogP contribution in [0.25, 0.3) is 0 Å². The lowest BCUT2D eigenvalue weighted by Gasteiger charge is -2.05. The van der Waals surface area contributed by atoms with Gasteiger partial charge in [-0.25, -0.2) is 0 Å². The van der Waals surface area contributed by atoms with Crippen molar-refractivity contribution in [1.29, 1.82) is 0 Å². The third kappa shape index (κ3) is 7.29. The molecule has 2 aromatic rings. The van der Waals surface area contributed by atoms with Gasteiger partial charge in [0.15, 0.2) is 0 Å². The molecule has 0 saturated carbocycles. The highest BCUT2D eigenvalue weighted by atomic mass is 14.9. The summed E-state index contributed by atoms with van der Waals surface area (Å²) in [5.41, 5.74) is 2.22. The van der Waals surface area contributed by atoms with Crippen molar-refractivity contribution in [3.63, 3.8) is 0 Å². The molecule has 4 nitrogen and oxygen atoms in total. The number of hydrogen-bond donors (Lipinski definition) is 2. The first-order valence-corrected chi connectivity index (χ1v) is 8.16. The molecular formula is C18H26N4. The molecule has 2 aromatic heterocycles. The van der Waals surface area contributed by atoms with Gasteiger partial charge in [-0.2, -0.15) is 0 Å². The van der Waals surface area contributed by atoms with Crippen LogP contribution in [0.15, 0.2) is 48.8 Å². The van der Waals surface area contributed by atoms with Crippen LogP contribution in [0.4, 0.5) is 0 Å². The molecule has 0 amide bonds. The van der Waals surface area contributed by atoms with Crippen LogP contribution >= 0.6 is 0 Å². The Balaban J connectivity index is 1.37. The van der Waals surface area contributed by atoms with Crippen molar-refractivity contribution in [2.45, 2.75) is 38.8 Å². The van der Waals surface area contributed by atoms with Gasteiger partial charge in [0.2, 0.25) is 0 Å². The maximum atomic E-state index is 4.30. The molecule has 2 heterocycles. The van der Waals surface area contributed by atoms with Gasteiger partial charge in [-0.05, 0) is 50.2 Å². The van der Waals surface area contributed by atoms with Crippen LogP contribution in [-0.4, -0.2) is 23.1 Å². The average Bonchev–Trinajstić information content (AvgIpc) is 2.58. The summed E-state index contributed by atoms with van der Waals surface area (Å²) in [6.45, 7) is 3.87. The predicted molar refractivity (Wildman–Crippen MR) is 90.4 cm³/mol. The molecule has 0 aliphatic carbocycles. The van der Waals surface area contributed by atoms with Gasteiger partial charge >= 0.3 is 0 Å². The lowest BCUT2D eigenvalue weighted by Crippen LogP contribution is -2.16. The minimum Gasteiger partial charge on any atom is -0.311 e. The van der Waals surface area contributed by atoms with Gasteiger partial charge in [0.25, 0.3) is 0 Å².